The molecule has 112 valence electrons. The van der Waals surface area contributed by atoms with E-state index in [1.54, 1.807) is 27.4 Å². The normalized spacial score (nSPS) is 10.1. The molecule has 0 radical (unpaired) electrons. The fraction of sp³-hybridized carbons (Fsp3) is 0.250. The van der Waals surface area contributed by atoms with E-state index in [4.69, 9.17) is 18.9 Å². The highest BCUT2D eigenvalue weighted by molar-refractivity contribution is 9.10. The second-order valence-corrected chi connectivity index (χ2v) is 5.15. The molecule has 21 heavy (non-hydrogen) atoms. The van der Waals surface area contributed by atoms with Gasteiger partial charge in [0.15, 0.2) is 0 Å². The van der Waals surface area contributed by atoms with Gasteiger partial charge in [0.25, 0.3) is 0 Å². The minimum atomic E-state index is 0.411. The van der Waals surface area contributed by atoms with Gasteiger partial charge in [-0.15, -0.1) is 0 Å². The first-order valence-electron chi connectivity index (χ1n) is 6.34. The lowest BCUT2D eigenvalue weighted by Gasteiger charge is -2.12. The molecular weight excluding hydrogens is 336 g/mol. The van der Waals surface area contributed by atoms with E-state index in [0.29, 0.717) is 23.9 Å². The van der Waals surface area contributed by atoms with Crippen molar-refractivity contribution in [3.63, 3.8) is 0 Å². The van der Waals surface area contributed by atoms with Gasteiger partial charge in [-0.2, -0.15) is 0 Å². The Morgan fingerprint density at radius 3 is 1.90 bits per heavy atom. The molecular formula is C16H17BrO4. The van der Waals surface area contributed by atoms with E-state index >= 15 is 0 Å². The van der Waals surface area contributed by atoms with Gasteiger partial charge >= 0.3 is 0 Å². The zero-order valence-corrected chi connectivity index (χ0v) is 13.8. The Kier molecular flexibility index (Phi) is 5.33. The summed E-state index contributed by atoms with van der Waals surface area (Å²) >= 11 is 3.50. The number of methoxy groups -OCH3 is 3. The van der Waals surface area contributed by atoms with Gasteiger partial charge in [-0.25, -0.2) is 0 Å². The molecule has 0 N–H and O–H groups in total. The predicted octanol–water partition coefficient (Wildman–Crippen LogP) is 4.05. The third kappa shape index (κ3) is 4.04. The largest absolute Gasteiger partial charge is 0.497 e. The molecule has 0 saturated heterocycles. The van der Waals surface area contributed by atoms with Crippen LogP contribution < -0.4 is 18.9 Å². The highest BCUT2D eigenvalue weighted by atomic mass is 79.9. The summed E-state index contributed by atoms with van der Waals surface area (Å²) in [6, 6.07) is 11.2. The van der Waals surface area contributed by atoms with E-state index in [1.165, 1.54) is 0 Å². The Labute approximate surface area is 132 Å². The average molecular weight is 353 g/mol. The van der Waals surface area contributed by atoms with Gasteiger partial charge in [-0.05, 0) is 18.2 Å². The summed E-state index contributed by atoms with van der Waals surface area (Å²) in [6.45, 7) is 0.411. The van der Waals surface area contributed by atoms with Crippen molar-refractivity contribution >= 4 is 15.9 Å². The average Bonchev–Trinajstić information content (AvgIpc) is 2.53. The summed E-state index contributed by atoms with van der Waals surface area (Å²) < 4.78 is 22.4. The lowest BCUT2D eigenvalue weighted by molar-refractivity contribution is 0.299. The summed E-state index contributed by atoms with van der Waals surface area (Å²) in [5.41, 5.74) is 0.996. The predicted molar refractivity (Wildman–Crippen MR) is 84.6 cm³/mol. The van der Waals surface area contributed by atoms with Crippen LogP contribution >= 0.6 is 15.9 Å². The maximum absolute atomic E-state index is 5.81. The number of rotatable bonds is 6. The van der Waals surface area contributed by atoms with Gasteiger partial charge < -0.3 is 18.9 Å². The third-order valence-electron chi connectivity index (χ3n) is 2.97. The molecule has 2 rings (SSSR count). The smallest absolute Gasteiger partial charge is 0.127 e. The topological polar surface area (TPSA) is 36.9 Å². The van der Waals surface area contributed by atoms with E-state index in [0.717, 1.165) is 15.8 Å². The Hall–Kier alpha value is -1.88. The minimum absolute atomic E-state index is 0.411. The maximum atomic E-state index is 5.81. The SMILES string of the molecule is COc1cc(OC)cc(OCc2cc(OC)ccc2Br)c1. The van der Waals surface area contributed by atoms with Crippen LogP contribution in [-0.2, 0) is 6.61 Å². The Balaban J connectivity index is 2.16. The molecule has 0 aliphatic carbocycles. The fourth-order valence-electron chi connectivity index (χ4n) is 1.81. The molecule has 0 saturated carbocycles. The van der Waals surface area contributed by atoms with Gasteiger partial charge in [0, 0.05) is 28.2 Å². The van der Waals surface area contributed by atoms with Gasteiger partial charge in [-0.3, -0.25) is 0 Å². The summed E-state index contributed by atoms with van der Waals surface area (Å²) in [5, 5.41) is 0. The molecule has 0 aliphatic rings. The van der Waals surface area contributed by atoms with E-state index < -0.39 is 0 Å². The van der Waals surface area contributed by atoms with Crippen LogP contribution in [0.3, 0.4) is 0 Å². The monoisotopic (exact) mass is 352 g/mol. The zero-order chi connectivity index (χ0) is 15.2. The van der Waals surface area contributed by atoms with Crippen LogP contribution in [0.2, 0.25) is 0 Å². The highest BCUT2D eigenvalue weighted by Gasteiger charge is 2.06. The number of ether oxygens (including phenoxy) is 4. The molecule has 0 aliphatic heterocycles. The van der Waals surface area contributed by atoms with Crippen molar-refractivity contribution < 1.29 is 18.9 Å². The van der Waals surface area contributed by atoms with Crippen molar-refractivity contribution in [2.24, 2.45) is 0 Å². The molecule has 2 aromatic rings. The van der Waals surface area contributed by atoms with Crippen LogP contribution in [-0.4, -0.2) is 21.3 Å². The molecule has 0 fully saturated rings. The van der Waals surface area contributed by atoms with Gasteiger partial charge in [0.1, 0.15) is 29.6 Å². The number of hydrogen-bond acceptors (Lipinski definition) is 4. The Morgan fingerprint density at radius 2 is 1.33 bits per heavy atom. The lowest BCUT2D eigenvalue weighted by atomic mass is 10.2. The van der Waals surface area contributed by atoms with Crippen molar-refractivity contribution in [3.8, 4) is 23.0 Å². The summed E-state index contributed by atoms with van der Waals surface area (Å²) in [5.74, 6) is 2.85. The quantitative estimate of drug-likeness (QED) is 0.785. The van der Waals surface area contributed by atoms with E-state index in [9.17, 15) is 0 Å². The van der Waals surface area contributed by atoms with Crippen molar-refractivity contribution in [3.05, 3.63) is 46.4 Å². The Morgan fingerprint density at radius 1 is 0.762 bits per heavy atom. The minimum Gasteiger partial charge on any atom is -0.497 e. The van der Waals surface area contributed by atoms with Gasteiger partial charge in [0.05, 0.1) is 21.3 Å². The van der Waals surface area contributed by atoms with Crippen molar-refractivity contribution in [2.45, 2.75) is 6.61 Å². The zero-order valence-electron chi connectivity index (χ0n) is 12.2. The first-order valence-corrected chi connectivity index (χ1v) is 7.14. The van der Waals surface area contributed by atoms with Crippen molar-refractivity contribution in [1.82, 2.24) is 0 Å². The maximum Gasteiger partial charge on any atom is 0.127 e. The van der Waals surface area contributed by atoms with Gasteiger partial charge in [-0.1, -0.05) is 15.9 Å². The summed E-state index contributed by atoms with van der Waals surface area (Å²) in [6.07, 6.45) is 0. The molecule has 0 unspecified atom stereocenters. The summed E-state index contributed by atoms with van der Waals surface area (Å²) in [7, 11) is 4.86. The van der Waals surface area contributed by atoms with E-state index in [-0.39, 0.29) is 0 Å². The Bertz CT molecular complexity index is 591. The number of halogens is 1. The van der Waals surface area contributed by atoms with Crippen molar-refractivity contribution in [2.75, 3.05) is 21.3 Å². The molecule has 0 atom stereocenters. The molecule has 5 heteroatoms. The second-order valence-electron chi connectivity index (χ2n) is 4.29. The fourth-order valence-corrected chi connectivity index (χ4v) is 2.18. The van der Waals surface area contributed by atoms with Crippen LogP contribution in [0.5, 0.6) is 23.0 Å². The first-order chi connectivity index (χ1) is 10.2. The van der Waals surface area contributed by atoms with Crippen LogP contribution in [0.4, 0.5) is 0 Å². The van der Waals surface area contributed by atoms with Crippen LogP contribution in [0.25, 0.3) is 0 Å². The van der Waals surface area contributed by atoms with Crippen LogP contribution in [0.1, 0.15) is 5.56 Å². The van der Waals surface area contributed by atoms with Crippen LogP contribution in [0, 0.1) is 0 Å². The standard InChI is InChI=1S/C16H17BrO4/c1-18-12-4-5-16(17)11(6-12)10-21-15-8-13(19-2)7-14(9-15)20-3/h4-9H,10H2,1-3H3. The molecule has 0 amide bonds. The van der Waals surface area contributed by atoms with Crippen molar-refractivity contribution in [1.29, 1.82) is 0 Å². The molecule has 4 nitrogen and oxygen atoms in total. The van der Waals surface area contributed by atoms with E-state index in [2.05, 4.69) is 15.9 Å². The second kappa shape index (κ2) is 7.22. The lowest BCUT2D eigenvalue weighted by Crippen LogP contribution is -1.98. The molecule has 0 aromatic heterocycles. The highest BCUT2D eigenvalue weighted by Crippen LogP contribution is 2.29. The molecule has 2 aromatic carbocycles. The summed E-state index contributed by atoms with van der Waals surface area (Å²) in [4.78, 5) is 0. The number of hydrogen-bond donors (Lipinski definition) is 0. The van der Waals surface area contributed by atoms with Gasteiger partial charge in [0.2, 0.25) is 0 Å². The molecule has 0 heterocycles. The first kappa shape index (κ1) is 15.5. The molecule has 0 bridgehead atoms. The molecule has 0 spiro atoms. The van der Waals surface area contributed by atoms with E-state index in [1.807, 2.05) is 30.3 Å². The third-order valence-corrected chi connectivity index (χ3v) is 3.75. The van der Waals surface area contributed by atoms with Crippen LogP contribution in [0.15, 0.2) is 40.9 Å². The number of benzene rings is 2.